The lowest BCUT2D eigenvalue weighted by Gasteiger charge is -1.98. The van der Waals surface area contributed by atoms with Crippen molar-refractivity contribution in [2.24, 2.45) is 7.05 Å². The first-order valence-electron chi connectivity index (χ1n) is 5.41. The monoisotopic (exact) mass is 236 g/mol. The highest BCUT2D eigenvalue weighted by atomic mass is 32.1. The Morgan fingerprint density at radius 3 is 2.75 bits per heavy atom. The Labute approximate surface area is 99.3 Å². The highest BCUT2D eigenvalue weighted by Crippen LogP contribution is 2.16. The predicted octanol–water partition coefficient (Wildman–Crippen LogP) is 1.73. The molecule has 0 aliphatic rings. The van der Waals surface area contributed by atoms with Crippen LogP contribution in [-0.2, 0) is 26.6 Å². The average Bonchev–Trinajstić information content (AvgIpc) is 2.88. The van der Waals surface area contributed by atoms with Gasteiger partial charge in [-0.15, -0.1) is 16.4 Å². The maximum Gasteiger partial charge on any atom is 0.0964 e. The Morgan fingerprint density at radius 1 is 1.31 bits per heavy atom. The standard InChI is InChI=1S/C11H16N4S/c1-3-10-4-5-11(16-10)7-12-6-9-8-15(2)14-13-9/h4-5,8,12H,3,6-7H2,1-2H3. The van der Waals surface area contributed by atoms with Gasteiger partial charge in [-0.1, -0.05) is 12.1 Å². The summed E-state index contributed by atoms with van der Waals surface area (Å²) in [5.74, 6) is 0. The molecule has 16 heavy (non-hydrogen) atoms. The summed E-state index contributed by atoms with van der Waals surface area (Å²) in [5.41, 5.74) is 0.981. The van der Waals surface area contributed by atoms with Crippen LogP contribution < -0.4 is 5.32 Å². The molecule has 0 spiro atoms. The van der Waals surface area contributed by atoms with Crippen molar-refractivity contribution in [1.29, 1.82) is 0 Å². The molecule has 2 rings (SSSR count). The molecule has 0 saturated heterocycles. The van der Waals surface area contributed by atoms with Gasteiger partial charge in [0.25, 0.3) is 0 Å². The molecule has 0 aliphatic heterocycles. The molecule has 2 aromatic heterocycles. The molecule has 0 aliphatic carbocycles. The number of aromatic nitrogens is 3. The second-order valence-electron chi connectivity index (χ2n) is 3.71. The van der Waals surface area contributed by atoms with Gasteiger partial charge in [-0.2, -0.15) is 0 Å². The van der Waals surface area contributed by atoms with Crippen LogP contribution in [0.1, 0.15) is 22.4 Å². The third kappa shape index (κ3) is 2.90. The molecule has 0 unspecified atom stereocenters. The summed E-state index contributed by atoms with van der Waals surface area (Å²) in [5, 5.41) is 11.3. The fourth-order valence-electron chi connectivity index (χ4n) is 1.50. The van der Waals surface area contributed by atoms with Crippen LogP contribution in [0.2, 0.25) is 0 Å². The first kappa shape index (κ1) is 11.3. The zero-order valence-electron chi connectivity index (χ0n) is 9.60. The lowest BCUT2D eigenvalue weighted by molar-refractivity contribution is 0.679. The highest BCUT2D eigenvalue weighted by molar-refractivity contribution is 7.11. The van der Waals surface area contributed by atoms with Gasteiger partial charge in [-0.3, -0.25) is 4.68 Å². The zero-order chi connectivity index (χ0) is 11.4. The molecule has 2 heterocycles. The number of rotatable bonds is 5. The fourth-order valence-corrected chi connectivity index (χ4v) is 2.42. The van der Waals surface area contributed by atoms with Crippen LogP contribution in [0.4, 0.5) is 0 Å². The number of nitrogens with one attached hydrogen (secondary N) is 1. The Balaban J connectivity index is 1.79. The number of hydrogen-bond acceptors (Lipinski definition) is 4. The normalized spacial score (nSPS) is 10.9. The Kier molecular flexibility index (Phi) is 3.69. The van der Waals surface area contributed by atoms with Crippen LogP contribution in [0.5, 0.6) is 0 Å². The van der Waals surface area contributed by atoms with E-state index < -0.39 is 0 Å². The van der Waals surface area contributed by atoms with Crippen molar-refractivity contribution >= 4 is 11.3 Å². The molecule has 0 fully saturated rings. The minimum absolute atomic E-state index is 0.771. The number of hydrogen-bond donors (Lipinski definition) is 1. The zero-order valence-corrected chi connectivity index (χ0v) is 10.4. The van der Waals surface area contributed by atoms with Crippen molar-refractivity contribution in [3.05, 3.63) is 33.8 Å². The van der Waals surface area contributed by atoms with Crippen molar-refractivity contribution in [2.75, 3.05) is 0 Å². The second kappa shape index (κ2) is 5.23. The van der Waals surface area contributed by atoms with Crippen molar-refractivity contribution in [3.63, 3.8) is 0 Å². The summed E-state index contributed by atoms with van der Waals surface area (Å²) >= 11 is 1.87. The van der Waals surface area contributed by atoms with Crippen molar-refractivity contribution in [1.82, 2.24) is 20.3 Å². The topological polar surface area (TPSA) is 42.7 Å². The second-order valence-corrected chi connectivity index (χ2v) is 4.96. The van der Waals surface area contributed by atoms with Crippen LogP contribution in [0, 0.1) is 0 Å². The maximum absolute atomic E-state index is 4.02. The van der Waals surface area contributed by atoms with Crippen molar-refractivity contribution < 1.29 is 0 Å². The quantitative estimate of drug-likeness (QED) is 0.859. The maximum atomic E-state index is 4.02. The van der Waals surface area contributed by atoms with Gasteiger partial charge < -0.3 is 5.32 Å². The lowest BCUT2D eigenvalue weighted by Crippen LogP contribution is -2.11. The molecule has 1 N–H and O–H groups in total. The molecular weight excluding hydrogens is 220 g/mol. The summed E-state index contributed by atoms with van der Waals surface area (Å²) in [6.07, 6.45) is 3.05. The summed E-state index contributed by atoms with van der Waals surface area (Å²) in [4.78, 5) is 2.82. The number of aryl methyl sites for hydroxylation is 2. The third-order valence-corrected chi connectivity index (χ3v) is 3.55. The Morgan fingerprint density at radius 2 is 2.12 bits per heavy atom. The van der Waals surface area contributed by atoms with Crippen LogP contribution in [0.25, 0.3) is 0 Å². The van der Waals surface area contributed by atoms with Crippen LogP contribution in [0.15, 0.2) is 18.3 Å². The van der Waals surface area contributed by atoms with Gasteiger partial charge in [0.05, 0.1) is 5.69 Å². The molecule has 2 aromatic rings. The van der Waals surface area contributed by atoms with E-state index in [2.05, 4.69) is 34.7 Å². The summed E-state index contributed by atoms with van der Waals surface area (Å²) in [6.45, 7) is 3.86. The lowest BCUT2D eigenvalue weighted by atomic mass is 10.3. The average molecular weight is 236 g/mol. The van der Waals surface area contributed by atoms with Gasteiger partial charge in [-0.05, 0) is 18.6 Å². The molecular formula is C11H16N4S. The highest BCUT2D eigenvalue weighted by Gasteiger charge is 2.00. The van der Waals surface area contributed by atoms with Gasteiger partial charge in [0.15, 0.2) is 0 Å². The molecule has 0 saturated carbocycles. The molecule has 0 bridgehead atoms. The SMILES string of the molecule is CCc1ccc(CNCc2cn(C)nn2)s1. The minimum Gasteiger partial charge on any atom is -0.306 e. The summed E-state index contributed by atoms with van der Waals surface area (Å²) < 4.78 is 1.72. The molecule has 86 valence electrons. The van der Waals surface area contributed by atoms with E-state index in [4.69, 9.17) is 0 Å². The van der Waals surface area contributed by atoms with Crippen LogP contribution in [0.3, 0.4) is 0 Å². The van der Waals surface area contributed by atoms with E-state index in [1.54, 1.807) is 4.68 Å². The van der Waals surface area contributed by atoms with Crippen molar-refractivity contribution in [3.8, 4) is 0 Å². The molecule has 0 amide bonds. The summed E-state index contributed by atoms with van der Waals surface area (Å²) in [7, 11) is 1.88. The van der Waals surface area contributed by atoms with Gasteiger partial charge in [0, 0.05) is 36.1 Å². The van der Waals surface area contributed by atoms with Crippen molar-refractivity contribution in [2.45, 2.75) is 26.4 Å². The molecule has 0 atom stereocenters. The first-order valence-corrected chi connectivity index (χ1v) is 6.23. The first-order chi connectivity index (χ1) is 7.78. The van der Waals surface area contributed by atoms with E-state index >= 15 is 0 Å². The Hall–Kier alpha value is -1.20. The fraction of sp³-hybridized carbons (Fsp3) is 0.455. The van der Waals surface area contributed by atoms with Gasteiger partial charge in [0.2, 0.25) is 0 Å². The third-order valence-electron chi connectivity index (χ3n) is 2.32. The molecule has 0 radical (unpaired) electrons. The van der Waals surface area contributed by atoms with Gasteiger partial charge in [-0.25, -0.2) is 0 Å². The Bertz CT molecular complexity index is 446. The minimum atomic E-state index is 0.771. The van der Waals surface area contributed by atoms with E-state index in [0.717, 1.165) is 25.2 Å². The summed E-state index contributed by atoms with van der Waals surface area (Å²) in [6, 6.07) is 4.39. The van der Waals surface area contributed by atoms with E-state index in [-0.39, 0.29) is 0 Å². The van der Waals surface area contributed by atoms with E-state index in [1.165, 1.54) is 9.75 Å². The van der Waals surface area contributed by atoms with E-state index in [9.17, 15) is 0 Å². The van der Waals surface area contributed by atoms with Crippen LogP contribution in [-0.4, -0.2) is 15.0 Å². The van der Waals surface area contributed by atoms with E-state index in [1.807, 2.05) is 24.6 Å². The number of thiophene rings is 1. The molecule has 5 heteroatoms. The van der Waals surface area contributed by atoms with E-state index in [0.29, 0.717) is 0 Å². The largest absolute Gasteiger partial charge is 0.306 e. The number of nitrogens with zero attached hydrogens (tertiary/aromatic N) is 3. The predicted molar refractivity (Wildman–Crippen MR) is 65.2 cm³/mol. The molecule has 0 aromatic carbocycles. The van der Waals surface area contributed by atoms with Crippen LogP contribution >= 0.6 is 11.3 Å². The molecule has 4 nitrogen and oxygen atoms in total. The van der Waals surface area contributed by atoms with Gasteiger partial charge >= 0.3 is 0 Å². The smallest absolute Gasteiger partial charge is 0.0964 e. The van der Waals surface area contributed by atoms with Gasteiger partial charge in [0.1, 0.15) is 0 Å².